The highest BCUT2D eigenvalue weighted by Gasteiger charge is 2.36. The molecule has 106 valence electrons. The Morgan fingerprint density at radius 3 is 2.38 bits per heavy atom. The Kier molecular flexibility index (Phi) is 3.90. The van der Waals surface area contributed by atoms with Gasteiger partial charge in [0.25, 0.3) is 0 Å². The Hall–Kier alpha value is -1.54. The minimum Gasteiger partial charge on any atom is -0.410 e. The zero-order chi connectivity index (χ0) is 14.9. The highest BCUT2D eigenvalue weighted by Crippen LogP contribution is 2.64. The van der Waals surface area contributed by atoms with E-state index in [-0.39, 0.29) is 11.3 Å². The predicted octanol–water partition coefficient (Wildman–Crippen LogP) is 5.55. The molecule has 21 heavy (non-hydrogen) atoms. The van der Waals surface area contributed by atoms with Crippen molar-refractivity contribution in [2.24, 2.45) is 4.99 Å². The van der Waals surface area contributed by atoms with Gasteiger partial charge in [0, 0.05) is 10.6 Å². The van der Waals surface area contributed by atoms with Crippen LogP contribution in [0.4, 0.5) is 0 Å². The number of benzene rings is 2. The van der Waals surface area contributed by atoms with Crippen molar-refractivity contribution in [3.05, 3.63) is 76.2 Å². The van der Waals surface area contributed by atoms with Gasteiger partial charge in [0.15, 0.2) is 5.44 Å². The third-order valence-electron chi connectivity index (χ3n) is 2.88. The molecule has 0 bridgehead atoms. The molecular weight excluding hydrogens is 328 g/mol. The third kappa shape index (κ3) is 3.21. The maximum absolute atomic E-state index is 12.3. The maximum Gasteiger partial charge on any atom is 0.386 e. The lowest BCUT2D eigenvalue weighted by Crippen LogP contribution is -1.97. The molecule has 0 saturated heterocycles. The van der Waals surface area contributed by atoms with Gasteiger partial charge in [-0.3, -0.25) is 4.57 Å². The van der Waals surface area contributed by atoms with Gasteiger partial charge >= 0.3 is 6.72 Å². The van der Waals surface area contributed by atoms with Crippen LogP contribution in [0.3, 0.4) is 0 Å². The van der Waals surface area contributed by atoms with Crippen LogP contribution in [0.15, 0.2) is 65.0 Å². The van der Waals surface area contributed by atoms with E-state index in [1.54, 1.807) is 30.3 Å². The van der Waals surface area contributed by atoms with Gasteiger partial charge in [-0.05, 0) is 47.1 Å². The molecule has 0 amide bonds. The molecule has 3 nitrogen and oxygen atoms in total. The van der Waals surface area contributed by atoms with Crippen molar-refractivity contribution in [2.45, 2.75) is 0 Å². The normalized spacial score (nSPS) is 23.0. The summed E-state index contributed by atoms with van der Waals surface area (Å²) in [5.41, 5.74) is 1.76. The fourth-order valence-electron chi connectivity index (χ4n) is 1.86. The van der Waals surface area contributed by atoms with Crippen molar-refractivity contribution in [3.8, 4) is 0 Å². The molecule has 6 heteroatoms. The fraction of sp³-hybridized carbons (Fsp3) is 0. The molecular formula is C15H10Cl2NO2P. The quantitative estimate of drug-likeness (QED) is 0.674. The van der Waals surface area contributed by atoms with Crippen molar-refractivity contribution in [3.63, 3.8) is 0 Å². The summed E-state index contributed by atoms with van der Waals surface area (Å²) in [6, 6.07) is 16.3. The average Bonchev–Trinajstić information content (AvgIpc) is 2.78. The van der Waals surface area contributed by atoms with Gasteiger partial charge in [-0.15, -0.1) is 0 Å². The smallest absolute Gasteiger partial charge is 0.386 e. The minimum atomic E-state index is -3.46. The van der Waals surface area contributed by atoms with Gasteiger partial charge < -0.3 is 4.52 Å². The number of halogens is 2. The molecule has 1 atom stereocenters. The van der Waals surface area contributed by atoms with E-state index >= 15 is 0 Å². The van der Waals surface area contributed by atoms with E-state index in [1.165, 1.54) is 0 Å². The Bertz CT molecular complexity index is 770. The lowest BCUT2D eigenvalue weighted by molar-refractivity contribution is 0.511. The van der Waals surface area contributed by atoms with Gasteiger partial charge in [-0.2, -0.15) is 0 Å². The van der Waals surface area contributed by atoms with E-state index in [2.05, 4.69) is 4.99 Å². The summed E-state index contributed by atoms with van der Waals surface area (Å²) in [5, 5.41) is 0.627. The predicted molar refractivity (Wildman–Crippen MR) is 87.0 cm³/mol. The molecule has 0 spiro atoms. The van der Waals surface area contributed by atoms with Crippen LogP contribution in [0.2, 0.25) is 5.02 Å². The van der Waals surface area contributed by atoms with E-state index in [1.807, 2.05) is 30.3 Å². The second-order valence-corrected chi connectivity index (χ2v) is 7.78. The van der Waals surface area contributed by atoms with E-state index < -0.39 is 6.72 Å². The minimum absolute atomic E-state index is 0.227. The SMILES string of the molecule is O=P1(Cl)OC(c2ccccc2)=N/C1=C\c1ccc(Cl)cc1. The molecule has 1 unspecified atom stereocenters. The van der Waals surface area contributed by atoms with Crippen LogP contribution in [0.25, 0.3) is 6.08 Å². The molecule has 0 saturated carbocycles. The van der Waals surface area contributed by atoms with Crippen LogP contribution < -0.4 is 0 Å². The number of rotatable bonds is 2. The molecule has 2 aromatic carbocycles. The molecule has 0 N–H and O–H groups in total. The first-order valence-electron chi connectivity index (χ1n) is 6.16. The Morgan fingerprint density at radius 1 is 1.05 bits per heavy atom. The second-order valence-electron chi connectivity index (χ2n) is 4.41. The summed E-state index contributed by atoms with van der Waals surface area (Å²) in [4.78, 5) is 4.26. The van der Waals surface area contributed by atoms with Crippen LogP contribution in [0, 0.1) is 0 Å². The number of nitrogens with zero attached hydrogens (tertiary/aromatic N) is 1. The van der Waals surface area contributed by atoms with Gasteiger partial charge in [0.1, 0.15) is 0 Å². The van der Waals surface area contributed by atoms with Crippen LogP contribution in [0.5, 0.6) is 0 Å². The summed E-state index contributed by atoms with van der Waals surface area (Å²) in [5.74, 6) is 0.272. The molecule has 1 aliphatic heterocycles. The van der Waals surface area contributed by atoms with Crippen molar-refractivity contribution in [2.75, 3.05) is 0 Å². The van der Waals surface area contributed by atoms with Crippen LogP contribution in [0.1, 0.15) is 11.1 Å². The molecule has 0 radical (unpaired) electrons. The monoisotopic (exact) mass is 337 g/mol. The first-order valence-corrected chi connectivity index (χ1v) is 9.07. The second kappa shape index (κ2) is 5.69. The Balaban J connectivity index is 1.99. The zero-order valence-corrected chi connectivity index (χ0v) is 13.1. The Morgan fingerprint density at radius 2 is 1.71 bits per heavy atom. The number of aliphatic imine (C=N–C) groups is 1. The van der Waals surface area contributed by atoms with Crippen LogP contribution >= 0.6 is 29.6 Å². The summed E-state index contributed by atoms with van der Waals surface area (Å²) in [6.07, 6.45) is 1.64. The average molecular weight is 338 g/mol. The van der Waals surface area contributed by atoms with Gasteiger partial charge in [-0.1, -0.05) is 41.9 Å². The van der Waals surface area contributed by atoms with Crippen LogP contribution in [-0.4, -0.2) is 5.90 Å². The van der Waals surface area contributed by atoms with Gasteiger partial charge in [0.2, 0.25) is 5.90 Å². The van der Waals surface area contributed by atoms with Crippen molar-refractivity contribution < 1.29 is 9.09 Å². The highest BCUT2D eigenvalue weighted by molar-refractivity contribution is 7.89. The first-order chi connectivity index (χ1) is 10.0. The first kappa shape index (κ1) is 14.4. The van der Waals surface area contributed by atoms with Crippen molar-refractivity contribution >= 4 is 41.5 Å². The summed E-state index contributed by atoms with van der Waals surface area (Å²) in [7, 11) is 0. The largest absolute Gasteiger partial charge is 0.410 e. The number of hydrogen-bond donors (Lipinski definition) is 0. The maximum atomic E-state index is 12.3. The summed E-state index contributed by atoms with van der Waals surface area (Å²) >= 11 is 11.8. The third-order valence-corrected chi connectivity index (χ3v) is 5.04. The molecule has 3 rings (SSSR count). The number of hydrogen-bond acceptors (Lipinski definition) is 3. The van der Waals surface area contributed by atoms with Gasteiger partial charge in [-0.25, -0.2) is 4.99 Å². The summed E-state index contributed by atoms with van der Waals surface area (Å²) < 4.78 is 17.7. The lowest BCUT2D eigenvalue weighted by Gasteiger charge is -2.04. The van der Waals surface area contributed by atoms with Crippen molar-refractivity contribution in [1.29, 1.82) is 0 Å². The summed E-state index contributed by atoms with van der Waals surface area (Å²) in [6.45, 7) is -3.46. The van der Waals surface area contributed by atoms with E-state index in [0.717, 1.165) is 11.1 Å². The molecule has 1 heterocycles. The molecule has 2 aromatic rings. The zero-order valence-electron chi connectivity index (χ0n) is 10.7. The standard InChI is InChI=1S/C15H10Cl2NO2P/c16-13-8-6-11(7-9-13)10-14-18-15(20-21(14,17)19)12-4-2-1-3-5-12/h1-10H/b14-10+. The lowest BCUT2D eigenvalue weighted by atomic mass is 10.2. The van der Waals surface area contributed by atoms with E-state index in [9.17, 15) is 4.57 Å². The van der Waals surface area contributed by atoms with E-state index in [0.29, 0.717) is 5.02 Å². The molecule has 0 aliphatic carbocycles. The molecule has 1 aliphatic rings. The Labute approximate surface area is 132 Å². The molecule has 0 aromatic heterocycles. The van der Waals surface area contributed by atoms with Crippen molar-refractivity contribution in [1.82, 2.24) is 0 Å². The highest BCUT2D eigenvalue weighted by atomic mass is 35.7. The molecule has 0 fully saturated rings. The fourth-order valence-corrected chi connectivity index (χ4v) is 3.42. The van der Waals surface area contributed by atoms with Gasteiger partial charge in [0.05, 0.1) is 0 Å². The van der Waals surface area contributed by atoms with E-state index in [4.69, 9.17) is 27.4 Å². The topological polar surface area (TPSA) is 38.7 Å². The van der Waals surface area contributed by atoms with Crippen LogP contribution in [-0.2, 0) is 9.09 Å².